The second-order valence-electron chi connectivity index (χ2n) is 6.51. The SMILES string of the molecule is C[C@@H](NC(=O)N1CCN(Cc2ccccn2)CC1)C1CCC1. The van der Waals surface area contributed by atoms with Crippen LogP contribution in [0.5, 0.6) is 0 Å². The molecule has 3 rings (SSSR count). The molecule has 1 saturated carbocycles. The molecule has 1 aromatic heterocycles. The second kappa shape index (κ2) is 7.09. The molecule has 0 aromatic carbocycles. The molecule has 1 aliphatic heterocycles. The van der Waals surface area contributed by atoms with Crippen molar-refractivity contribution in [2.75, 3.05) is 26.2 Å². The summed E-state index contributed by atoms with van der Waals surface area (Å²) in [5.41, 5.74) is 1.10. The van der Waals surface area contributed by atoms with Gasteiger partial charge in [-0.2, -0.15) is 0 Å². The van der Waals surface area contributed by atoms with E-state index in [1.807, 2.05) is 23.2 Å². The maximum Gasteiger partial charge on any atom is 0.317 e. The van der Waals surface area contributed by atoms with E-state index >= 15 is 0 Å². The molecule has 2 aliphatic rings. The fourth-order valence-corrected chi connectivity index (χ4v) is 3.17. The van der Waals surface area contributed by atoms with Gasteiger partial charge in [0.25, 0.3) is 0 Å². The molecule has 2 amide bonds. The highest BCUT2D eigenvalue weighted by Crippen LogP contribution is 2.29. The highest BCUT2D eigenvalue weighted by atomic mass is 16.2. The smallest absolute Gasteiger partial charge is 0.317 e. The zero-order valence-corrected chi connectivity index (χ0v) is 13.4. The molecule has 5 heteroatoms. The van der Waals surface area contributed by atoms with E-state index in [0.29, 0.717) is 12.0 Å². The first-order valence-electron chi connectivity index (χ1n) is 8.40. The van der Waals surface area contributed by atoms with Crippen molar-refractivity contribution in [3.05, 3.63) is 30.1 Å². The van der Waals surface area contributed by atoms with Gasteiger partial charge in [0.1, 0.15) is 0 Å². The Kier molecular flexibility index (Phi) is 4.93. The minimum Gasteiger partial charge on any atom is -0.335 e. The molecule has 1 N–H and O–H groups in total. The Hall–Kier alpha value is -1.62. The number of nitrogens with one attached hydrogen (secondary N) is 1. The lowest BCUT2D eigenvalue weighted by molar-refractivity contribution is 0.128. The number of hydrogen-bond donors (Lipinski definition) is 1. The Bertz CT molecular complexity index is 481. The van der Waals surface area contributed by atoms with Crippen LogP contribution in [0.4, 0.5) is 4.79 Å². The molecule has 1 aliphatic carbocycles. The molecule has 2 heterocycles. The Labute approximate surface area is 132 Å². The summed E-state index contributed by atoms with van der Waals surface area (Å²) in [6.07, 6.45) is 5.68. The summed E-state index contributed by atoms with van der Waals surface area (Å²) in [5, 5.41) is 3.17. The average Bonchev–Trinajstić information content (AvgIpc) is 2.47. The number of piperazine rings is 1. The van der Waals surface area contributed by atoms with Crippen LogP contribution in [0.1, 0.15) is 31.9 Å². The van der Waals surface area contributed by atoms with Gasteiger partial charge in [-0.3, -0.25) is 9.88 Å². The van der Waals surface area contributed by atoms with Crippen LogP contribution in [0.25, 0.3) is 0 Å². The number of amides is 2. The molecular formula is C17H26N4O. The molecule has 2 fully saturated rings. The van der Waals surface area contributed by atoms with Gasteiger partial charge < -0.3 is 10.2 Å². The highest BCUT2D eigenvalue weighted by Gasteiger charge is 2.27. The Morgan fingerprint density at radius 3 is 2.68 bits per heavy atom. The van der Waals surface area contributed by atoms with Gasteiger partial charge in [-0.1, -0.05) is 12.5 Å². The topological polar surface area (TPSA) is 48.5 Å². The Morgan fingerprint density at radius 2 is 2.09 bits per heavy atom. The van der Waals surface area contributed by atoms with Crippen LogP contribution in [-0.2, 0) is 6.54 Å². The van der Waals surface area contributed by atoms with Gasteiger partial charge in [0.05, 0.1) is 5.69 Å². The first-order chi connectivity index (χ1) is 10.7. The van der Waals surface area contributed by atoms with Crippen molar-refractivity contribution in [3.63, 3.8) is 0 Å². The third-order valence-electron chi connectivity index (χ3n) is 4.98. The van der Waals surface area contributed by atoms with E-state index in [9.17, 15) is 4.79 Å². The predicted octanol–water partition coefficient (Wildman–Crippen LogP) is 2.10. The maximum absolute atomic E-state index is 12.3. The van der Waals surface area contributed by atoms with Gasteiger partial charge in [-0.05, 0) is 37.8 Å². The number of aromatic nitrogens is 1. The van der Waals surface area contributed by atoms with Crippen LogP contribution in [-0.4, -0.2) is 53.0 Å². The quantitative estimate of drug-likeness (QED) is 0.926. The summed E-state index contributed by atoms with van der Waals surface area (Å²) in [7, 11) is 0. The van der Waals surface area contributed by atoms with Crippen LogP contribution in [0.3, 0.4) is 0 Å². The fraction of sp³-hybridized carbons (Fsp3) is 0.647. The van der Waals surface area contributed by atoms with Gasteiger partial charge in [-0.15, -0.1) is 0 Å². The zero-order chi connectivity index (χ0) is 15.4. The summed E-state index contributed by atoms with van der Waals surface area (Å²) in [6.45, 7) is 6.45. The summed E-state index contributed by atoms with van der Waals surface area (Å²) in [5.74, 6) is 0.689. The van der Waals surface area contributed by atoms with E-state index in [1.165, 1.54) is 19.3 Å². The van der Waals surface area contributed by atoms with Gasteiger partial charge in [0.2, 0.25) is 0 Å². The number of hydrogen-bond acceptors (Lipinski definition) is 3. The standard InChI is InChI=1S/C17H26N4O/c1-14(15-5-4-6-15)19-17(22)21-11-9-20(10-12-21)13-16-7-2-3-8-18-16/h2-3,7-8,14-15H,4-6,9-13H2,1H3,(H,19,22)/t14-/m1/s1. The molecule has 22 heavy (non-hydrogen) atoms. The minimum atomic E-state index is 0.108. The maximum atomic E-state index is 12.3. The predicted molar refractivity (Wildman–Crippen MR) is 86.4 cm³/mol. The first-order valence-corrected chi connectivity index (χ1v) is 8.40. The molecule has 5 nitrogen and oxygen atoms in total. The lowest BCUT2D eigenvalue weighted by Gasteiger charge is -2.37. The number of pyridine rings is 1. The van der Waals surface area contributed by atoms with Crippen molar-refractivity contribution in [1.82, 2.24) is 20.1 Å². The van der Waals surface area contributed by atoms with Crippen molar-refractivity contribution in [3.8, 4) is 0 Å². The largest absolute Gasteiger partial charge is 0.335 e. The van der Waals surface area contributed by atoms with Crippen molar-refractivity contribution >= 4 is 6.03 Å². The summed E-state index contributed by atoms with van der Waals surface area (Å²) in [6, 6.07) is 6.44. The van der Waals surface area contributed by atoms with E-state index in [0.717, 1.165) is 38.4 Å². The summed E-state index contributed by atoms with van der Waals surface area (Å²) < 4.78 is 0. The zero-order valence-electron chi connectivity index (χ0n) is 13.4. The first kappa shape index (κ1) is 15.3. The van der Waals surface area contributed by atoms with E-state index in [1.54, 1.807) is 0 Å². The number of carbonyl (C=O) groups excluding carboxylic acids is 1. The third kappa shape index (κ3) is 3.77. The molecule has 0 spiro atoms. The van der Waals surface area contributed by atoms with Crippen LogP contribution in [0.15, 0.2) is 24.4 Å². The molecule has 0 radical (unpaired) electrons. The molecule has 120 valence electrons. The van der Waals surface area contributed by atoms with Gasteiger partial charge in [0, 0.05) is 45.0 Å². The van der Waals surface area contributed by atoms with Crippen molar-refractivity contribution in [2.24, 2.45) is 5.92 Å². The van der Waals surface area contributed by atoms with Gasteiger partial charge in [-0.25, -0.2) is 4.79 Å². The lowest BCUT2D eigenvalue weighted by atomic mass is 9.80. The summed E-state index contributed by atoms with van der Waals surface area (Å²) in [4.78, 5) is 21.0. The van der Waals surface area contributed by atoms with Crippen LogP contribution < -0.4 is 5.32 Å². The minimum absolute atomic E-state index is 0.108. The van der Waals surface area contributed by atoms with Crippen LogP contribution in [0, 0.1) is 5.92 Å². The Balaban J connectivity index is 1.42. The Morgan fingerprint density at radius 1 is 1.32 bits per heavy atom. The molecule has 0 bridgehead atoms. The van der Waals surface area contributed by atoms with Crippen LogP contribution in [0.2, 0.25) is 0 Å². The number of urea groups is 1. The van der Waals surface area contributed by atoms with E-state index in [2.05, 4.69) is 28.2 Å². The normalized spacial score (nSPS) is 21.2. The second-order valence-corrected chi connectivity index (χ2v) is 6.51. The molecule has 1 saturated heterocycles. The average molecular weight is 302 g/mol. The summed E-state index contributed by atoms with van der Waals surface area (Å²) >= 11 is 0. The molecule has 0 unspecified atom stereocenters. The van der Waals surface area contributed by atoms with Crippen molar-refractivity contribution < 1.29 is 4.79 Å². The lowest BCUT2D eigenvalue weighted by Crippen LogP contribution is -2.54. The number of carbonyl (C=O) groups is 1. The van der Waals surface area contributed by atoms with E-state index in [4.69, 9.17) is 0 Å². The highest BCUT2D eigenvalue weighted by molar-refractivity contribution is 5.74. The number of rotatable bonds is 4. The van der Waals surface area contributed by atoms with Gasteiger partial charge >= 0.3 is 6.03 Å². The number of nitrogens with zero attached hydrogens (tertiary/aromatic N) is 3. The van der Waals surface area contributed by atoms with E-state index in [-0.39, 0.29) is 6.03 Å². The molecule has 1 aromatic rings. The molecule has 1 atom stereocenters. The fourth-order valence-electron chi connectivity index (χ4n) is 3.17. The molecular weight excluding hydrogens is 276 g/mol. The van der Waals surface area contributed by atoms with Crippen LogP contribution >= 0.6 is 0 Å². The third-order valence-corrected chi connectivity index (χ3v) is 4.98. The van der Waals surface area contributed by atoms with Crippen molar-refractivity contribution in [2.45, 2.75) is 38.8 Å². The van der Waals surface area contributed by atoms with E-state index < -0.39 is 0 Å². The monoisotopic (exact) mass is 302 g/mol. The van der Waals surface area contributed by atoms with Gasteiger partial charge in [0.15, 0.2) is 0 Å². The van der Waals surface area contributed by atoms with Crippen molar-refractivity contribution in [1.29, 1.82) is 0 Å².